The largest absolute Gasteiger partial charge is 0.383 e. The van der Waals surface area contributed by atoms with Gasteiger partial charge < -0.3 is 10.3 Å². The molecule has 0 radical (unpaired) electrons. The predicted molar refractivity (Wildman–Crippen MR) is 76.6 cm³/mol. The second-order valence-electron chi connectivity index (χ2n) is 5.06. The second-order valence-corrected chi connectivity index (χ2v) is 5.49. The Morgan fingerprint density at radius 3 is 2.63 bits per heavy atom. The molecular formula is C14H17ClFN3. The molecule has 102 valence electrons. The van der Waals surface area contributed by atoms with Gasteiger partial charge in [-0.1, -0.05) is 25.4 Å². The number of nitrogens with zero attached hydrogens (tertiary/aromatic N) is 2. The van der Waals surface area contributed by atoms with Crippen LogP contribution < -0.4 is 5.73 Å². The van der Waals surface area contributed by atoms with Crippen LogP contribution in [0, 0.1) is 18.7 Å². The van der Waals surface area contributed by atoms with Crippen molar-refractivity contribution >= 4 is 17.4 Å². The summed E-state index contributed by atoms with van der Waals surface area (Å²) < 4.78 is 15.3. The summed E-state index contributed by atoms with van der Waals surface area (Å²) in [6.07, 6.45) is 0. The summed E-state index contributed by atoms with van der Waals surface area (Å²) in [6, 6.07) is 4.32. The molecule has 0 aliphatic carbocycles. The number of nitrogens with two attached hydrogens (primary N) is 1. The van der Waals surface area contributed by atoms with Gasteiger partial charge in [0.2, 0.25) is 0 Å². The van der Waals surface area contributed by atoms with Crippen molar-refractivity contribution in [1.29, 1.82) is 0 Å². The Hall–Kier alpha value is -1.55. The van der Waals surface area contributed by atoms with Gasteiger partial charge in [0.15, 0.2) is 0 Å². The van der Waals surface area contributed by atoms with Crippen LogP contribution in [-0.4, -0.2) is 9.55 Å². The lowest BCUT2D eigenvalue weighted by atomic mass is 10.1. The number of imidazole rings is 1. The van der Waals surface area contributed by atoms with Gasteiger partial charge in [-0.2, -0.15) is 0 Å². The first-order valence-corrected chi connectivity index (χ1v) is 6.55. The third-order valence-electron chi connectivity index (χ3n) is 2.88. The minimum atomic E-state index is -0.391. The minimum absolute atomic E-state index is 0.338. The van der Waals surface area contributed by atoms with Crippen molar-refractivity contribution in [3.63, 3.8) is 0 Å². The third-order valence-corrected chi connectivity index (χ3v) is 3.10. The molecule has 0 unspecified atom stereocenters. The standard InChI is InChI=1S/C14H17ClFN3/c1-8(2)7-19-9(3)18-13(14(19)17)10-4-11(15)6-12(16)5-10/h4-6,8H,7,17H2,1-3H3. The molecule has 0 saturated carbocycles. The molecule has 3 nitrogen and oxygen atoms in total. The number of rotatable bonds is 3. The highest BCUT2D eigenvalue weighted by Crippen LogP contribution is 2.29. The molecule has 0 aliphatic heterocycles. The number of halogens is 2. The van der Waals surface area contributed by atoms with Gasteiger partial charge in [-0.05, 0) is 31.0 Å². The first-order chi connectivity index (χ1) is 8.88. The SMILES string of the molecule is Cc1nc(-c2cc(F)cc(Cl)c2)c(N)n1CC(C)C. The molecule has 1 heterocycles. The molecule has 1 aromatic carbocycles. The van der Waals surface area contributed by atoms with Crippen molar-refractivity contribution in [2.45, 2.75) is 27.3 Å². The smallest absolute Gasteiger partial charge is 0.131 e. The number of aromatic nitrogens is 2. The molecule has 0 atom stereocenters. The molecule has 0 spiro atoms. The van der Waals surface area contributed by atoms with Crippen molar-refractivity contribution < 1.29 is 4.39 Å². The van der Waals surface area contributed by atoms with Gasteiger partial charge in [-0.25, -0.2) is 9.37 Å². The maximum atomic E-state index is 13.4. The van der Waals surface area contributed by atoms with Crippen LogP contribution in [0.25, 0.3) is 11.3 Å². The lowest BCUT2D eigenvalue weighted by molar-refractivity contribution is 0.518. The zero-order valence-corrected chi connectivity index (χ0v) is 12.0. The normalized spacial score (nSPS) is 11.3. The van der Waals surface area contributed by atoms with E-state index in [-0.39, 0.29) is 0 Å². The predicted octanol–water partition coefficient (Wildman–Crippen LogP) is 3.89. The topological polar surface area (TPSA) is 43.8 Å². The lowest BCUT2D eigenvalue weighted by Crippen LogP contribution is -2.09. The van der Waals surface area contributed by atoms with Crippen molar-refractivity contribution in [2.75, 3.05) is 5.73 Å². The van der Waals surface area contributed by atoms with Gasteiger partial charge in [-0.3, -0.25) is 0 Å². The van der Waals surface area contributed by atoms with Gasteiger partial charge in [0.05, 0.1) is 0 Å². The molecule has 0 amide bonds. The molecule has 0 aliphatic rings. The van der Waals surface area contributed by atoms with E-state index in [0.717, 1.165) is 12.4 Å². The Kier molecular flexibility index (Phi) is 3.80. The summed E-state index contributed by atoms with van der Waals surface area (Å²) in [5.74, 6) is 1.44. The van der Waals surface area contributed by atoms with Crippen LogP contribution in [0.4, 0.5) is 10.2 Å². The van der Waals surface area contributed by atoms with Crippen LogP contribution >= 0.6 is 11.6 Å². The number of hydrogen-bond donors (Lipinski definition) is 1. The fourth-order valence-electron chi connectivity index (χ4n) is 2.08. The summed E-state index contributed by atoms with van der Waals surface area (Å²) >= 11 is 5.87. The molecule has 2 rings (SSSR count). The van der Waals surface area contributed by atoms with E-state index in [0.29, 0.717) is 28.0 Å². The number of nitrogen functional groups attached to an aromatic ring is 1. The summed E-state index contributed by atoms with van der Waals surface area (Å²) in [5, 5.41) is 0.338. The average Bonchev–Trinajstić information content (AvgIpc) is 2.55. The van der Waals surface area contributed by atoms with Crippen molar-refractivity contribution in [3.8, 4) is 11.3 Å². The maximum absolute atomic E-state index is 13.4. The number of hydrogen-bond acceptors (Lipinski definition) is 2. The highest BCUT2D eigenvalue weighted by Gasteiger charge is 2.15. The molecule has 0 bridgehead atoms. The summed E-state index contributed by atoms with van der Waals surface area (Å²) in [7, 11) is 0. The Bertz CT molecular complexity index is 585. The van der Waals surface area contributed by atoms with Crippen LogP contribution in [0.2, 0.25) is 5.02 Å². The number of aryl methyl sites for hydroxylation is 1. The minimum Gasteiger partial charge on any atom is -0.383 e. The zero-order valence-electron chi connectivity index (χ0n) is 11.2. The van der Waals surface area contributed by atoms with Crippen LogP contribution in [-0.2, 0) is 6.54 Å². The lowest BCUT2D eigenvalue weighted by Gasteiger charge is -2.10. The molecule has 0 fully saturated rings. The van der Waals surface area contributed by atoms with Crippen LogP contribution in [0.1, 0.15) is 19.7 Å². The van der Waals surface area contributed by atoms with E-state index >= 15 is 0 Å². The molecule has 2 N–H and O–H groups in total. The highest BCUT2D eigenvalue weighted by atomic mass is 35.5. The number of benzene rings is 1. The Morgan fingerprint density at radius 1 is 1.37 bits per heavy atom. The first-order valence-electron chi connectivity index (χ1n) is 6.17. The monoisotopic (exact) mass is 281 g/mol. The summed E-state index contributed by atoms with van der Waals surface area (Å²) in [5.41, 5.74) is 7.31. The van der Waals surface area contributed by atoms with Crippen LogP contribution in [0.3, 0.4) is 0 Å². The number of anilines is 1. The molecule has 2 aromatic rings. The van der Waals surface area contributed by atoms with Crippen molar-refractivity contribution in [2.24, 2.45) is 5.92 Å². The Balaban J connectivity index is 2.51. The average molecular weight is 282 g/mol. The fourth-order valence-corrected chi connectivity index (χ4v) is 2.30. The van der Waals surface area contributed by atoms with Gasteiger partial charge in [-0.15, -0.1) is 0 Å². The molecule has 0 saturated heterocycles. The highest BCUT2D eigenvalue weighted by molar-refractivity contribution is 6.30. The Labute approximate surface area is 117 Å². The van der Waals surface area contributed by atoms with Crippen LogP contribution in [0.5, 0.6) is 0 Å². The van der Waals surface area contributed by atoms with E-state index in [2.05, 4.69) is 18.8 Å². The molecular weight excluding hydrogens is 265 g/mol. The molecule has 1 aromatic heterocycles. The quantitative estimate of drug-likeness (QED) is 0.927. The maximum Gasteiger partial charge on any atom is 0.131 e. The van der Waals surface area contributed by atoms with E-state index in [1.165, 1.54) is 12.1 Å². The third kappa shape index (κ3) is 2.89. The van der Waals surface area contributed by atoms with Gasteiger partial charge in [0.1, 0.15) is 23.2 Å². The van der Waals surface area contributed by atoms with E-state index in [1.807, 2.05) is 11.5 Å². The van der Waals surface area contributed by atoms with Crippen molar-refractivity contribution in [1.82, 2.24) is 9.55 Å². The van der Waals surface area contributed by atoms with E-state index < -0.39 is 5.82 Å². The van der Waals surface area contributed by atoms with E-state index in [4.69, 9.17) is 17.3 Å². The summed E-state index contributed by atoms with van der Waals surface area (Å²) in [4.78, 5) is 4.43. The molecule has 19 heavy (non-hydrogen) atoms. The van der Waals surface area contributed by atoms with Gasteiger partial charge in [0, 0.05) is 17.1 Å². The van der Waals surface area contributed by atoms with Gasteiger partial charge >= 0.3 is 0 Å². The second kappa shape index (κ2) is 5.21. The van der Waals surface area contributed by atoms with Gasteiger partial charge in [0.25, 0.3) is 0 Å². The van der Waals surface area contributed by atoms with Crippen LogP contribution in [0.15, 0.2) is 18.2 Å². The Morgan fingerprint density at radius 2 is 2.05 bits per heavy atom. The van der Waals surface area contributed by atoms with E-state index in [1.54, 1.807) is 6.07 Å². The summed E-state index contributed by atoms with van der Waals surface area (Å²) in [6.45, 7) is 6.89. The molecule has 5 heteroatoms. The fraction of sp³-hybridized carbons (Fsp3) is 0.357. The van der Waals surface area contributed by atoms with E-state index in [9.17, 15) is 4.39 Å². The first kappa shape index (κ1) is 13.9. The van der Waals surface area contributed by atoms with Crippen molar-refractivity contribution in [3.05, 3.63) is 34.9 Å². The zero-order chi connectivity index (χ0) is 14.2.